The first-order valence-corrected chi connectivity index (χ1v) is 13.2. The molecule has 0 unspecified atom stereocenters. The van der Waals surface area contributed by atoms with Gasteiger partial charge in [0.2, 0.25) is 0 Å². The summed E-state index contributed by atoms with van der Waals surface area (Å²) in [6, 6.07) is 19.8. The number of benzene rings is 3. The summed E-state index contributed by atoms with van der Waals surface area (Å²) in [4.78, 5) is 24.1. The molecule has 0 spiro atoms. The maximum atomic E-state index is 13.6. The first-order chi connectivity index (χ1) is 17.9. The van der Waals surface area contributed by atoms with E-state index in [1.807, 2.05) is 48.7 Å². The van der Waals surface area contributed by atoms with E-state index in [0.29, 0.717) is 34.5 Å². The number of nitrogens with one attached hydrogen (secondary N) is 1. The van der Waals surface area contributed by atoms with Crippen LogP contribution in [0, 0.1) is 5.82 Å². The second kappa shape index (κ2) is 12.0. The molecule has 0 bridgehead atoms. The second-order valence-corrected chi connectivity index (χ2v) is 9.26. The number of anilines is 1. The molecule has 0 saturated carbocycles. The molecule has 0 saturated heterocycles. The summed E-state index contributed by atoms with van der Waals surface area (Å²) in [6.45, 7) is 2.52. The zero-order valence-electron chi connectivity index (χ0n) is 21.0. The predicted molar refractivity (Wildman–Crippen MR) is 147 cm³/mol. The SMILES string of the molecule is CNC(=O)c1c(-c2ccc(F)cc2)oc2cc(N(CCCCOC(C)=O)SC)c(-c3ccccc3)cc12. The number of carbonyl (C=O) groups is 2. The number of fused-ring (bicyclic) bond motifs is 1. The topological polar surface area (TPSA) is 71.8 Å². The van der Waals surface area contributed by atoms with Crippen molar-refractivity contribution in [2.24, 2.45) is 0 Å². The lowest BCUT2D eigenvalue weighted by Crippen LogP contribution is -2.18. The lowest BCUT2D eigenvalue weighted by molar-refractivity contribution is -0.141. The molecule has 1 N–H and O–H groups in total. The van der Waals surface area contributed by atoms with Crippen molar-refractivity contribution in [3.63, 3.8) is 0 Å². The van der Waals surface area contributed by atoms with Crippen molar-refractivity contribution < 1.29 is 23.1 Å². The molecular formula is C29H29FN2O4S. The Morgan fingerprint density at radius 2 is 1.76 bits per heavy atom. The zero-order chi connectivity index (χ0) is 26.4. The second-order valence-electron chi connectivity index (χ2n) is 8.46. The lowest BCUT2D eigenvalue weighted by atomic mass is 9.98. The summed E-state index contributed by atoms with van der Waals surface area (Å²) in [6.07, 6.45) is 3.58. The van der Waals surface area contributed by atoms with Gasteiger partial charge in [-0.05, 0) is 48.7 Å². The number of rotatable bonds is 10. The summed E-state index contributed by atoms with van der Waals surface area (Å²) in [7, 11) is 1.58. The minimum absolute atomic E-state index is 0.278. The Labute approximate surface area is 219 Å². The Hall–Kier alpha value is -3.78. The molecule has 0 aliphatic rings. The van der Waals surface area contributed by atoms with Crippen molar-refractivity contribution in [1.82, 2.24) is 5.32 Å². The summed E-state index contributed by atoms with van der Waals surface area (Å²) in [5.74, 6) is -0.529. The number of halogens is 1. The number of hydrogen-bond acceptors (Lipinski definition) is 6. The Kier molecular flexibility index (Phi) is 8.50. The molecule has 4 rings (SSSR count). The number of ether oxygens (including phenoxy) is 1. The summed E-state index contributed by atoms with van der Waals surface area (Å²) in [5.41, 5.74) is 4.49. The largest absolute Gasteiger partial charge is 0.466 e. The van der Waals surface area contributed by atoms with Gasteiger partial charge in [-0.2, -0.15) is 0 Å². The molecule has 1 aromatic heterocycles. The third-order valence-corrected chi connectivity index (χ3v) is 6.82. The van der Waals surface area contributed by atoms with Crippen molar-refractivity contribution in [2.45, 2.75) is 19.8 Å². The highest BCUT2D eigenvalue weighted by atomic mass is 32.2. The van der Waals surface area contributed by atoms with Gasteiger partial charge in [-0.1, -0.05) is 42.3 Å². The van der Waals surface area contributed by atoms with Crippen LogP contribution in [0.1, 0.15) is 30.1 Å². The predicted octanol–water partition coefficient (Wildman–Crippen LogP) is 6.69. The van der Waals surface area contributed by atoms with Crippen LogP contribution in [0.25, 0.3) is 33.4 Å². The van der Waals surface area contributed by atoms with E-state index in [1.165, 1.54) is 19.1 Å². The van der Waals surface area contributed by atoms with Crippen LogP contribution in [0.5, 0.6) is 0 Å². The molecule has 3 aromatic carbocycles. The van der Waals surface area contributed by atoms with Crippen LogP contribution >= 0.6 is 11.9 Å². The van der Waals surface area contributed by atoms with Gasteiger partial charge in [0.05, 0.1) is 17.9 Å². The summed E-state index contributed by atoms with van der Waals surface area (Å²) in [5, 5.41) is 3.39. The van der Waals surface area contributed by atoms with Gasteiger partial charge in [-0.15, -0.1) is 0 Å². The summed E-state index contributed by atoms with van der Waals surface area (Å²) >= 11 is 1.59. The molecule has 1 amide bonds. The number of furan rings is 1. The molecule has 0 radical (unpaired) electrons. The quantitative estimate of drug-likeness (QED) is 0.143. The monoisotopic (exact) mass is 520 g/mol. The first-order valence-electron chi connectivity index (χ1n) is 12.0. The van der Waals surface area contributed by atoms with E-state index in [-0.39, 0.29) is 17.7 Å². The van der Waals surface area contributed by atoms with E-state index in [0.717, 1.165) is 36.2 Å². The van der Waals surface area contributed by atoms with Gasteiger partial charge in [-0.25, -0.2) is 4.39 Å². The van der Waals surface area contributed by atoms with Gasteiger partial charge >= 0.3 is 5.97 Å². The third kappa shape index (κ3) is 5.97. The van der Waals surface area contributed by atoms with Crippen LogP contribution < -0.4 is 9.62 Å². The first kappa shape index (κ1) is 26.3. The molecule has 0 fully saturated rings. The van der Waals surface area contributed by atoms with Gasteiger partial charge in [0, 0.05) is 49.4 Å². The Morgan fingerprint density at radius 3 is 2.41 bits per heavy atom. The molecule has 0 aliphatic heterocycles. The zero-order valence-corrected chi connectivity index (χ0v) is 21.9. The van der Waals surface area contributed by atoms with Crippen LogP contribution in [-0.2, 0) is 9.53 Å². The Morgan fingerprint density at radius 1 is 1.03 bits per heavy atom. The highest BCUT2D eigenvalue weighted by Gasteiger charge is 2.24. The number of hydrogen-bond donors (Lipinski definition) is 1. The number of amides is 1. The molecular weight excluding hydrogens is 491 g/mol. The van der Waals surface area contributed by atoms with Crippen LogP contribution in [0.2, 0.25) is 0 Å². The smallest absolute Gasteiger partial charge is 0.302 e. The number of unbranched alkanes of at least 4 members (excludes halogenated alkanes) is 1. The van der Waals surface area contributed by atoms with E-state index >= 15 is 0 Å². The molecule has 0 aliphatic carbocycles. The average molecular weight is 521 g/mol. The maximum Gasteiger partial charge on any atom is 0.302 e. The standard InChI is InChI=1S/C29H29FN2O4S/c1-19(33)35-16-8-7-15-32(37-3)25-18-26-24(17-23(25)20-9-5-4-6-10-20)27(29(34)31-2)28(36-26)21-11-13-22(30)14-12-21/h4-6,9-14,17-18H,7-8,15-16H2,1-3H3,(H,31,34). The van der Waals surface area contributed by atoms with Gasteiger partial charge < -0.3 is 18.8 Å². The van der Waals surface area contributed by atoms with Gasteiger partial charge in [0.1, 0.15) is 17.2 Å². The van der Waals surface area contributed by atoms with E-state index in [4.69, 9.17) is 9.15 Å². The van der Waals surface area contributed by atoms with Gasteiger partial charge in [0.25, 0.3) is 5.91 Å². The Bertz CT molecular complexity index is 1390. The van der Waals surface area contributed by atoms with Gasteiger partial charge in [-0.3, -0.25) is 9.59 Å². The van der Waals surface area contributed by atoms with Crippen molar-refractivity contribution in [3.05, 3.63) is 78.1 Å². The van der Waals surface area contributed by atoms with Crippen molar-refractivity contribution in [2.75, 3.05) is 30.8 Å². The summed E-state index contributed by atoms with van der Waals surface area (Å²) < 4.78 is 27.1. The van der Waals surface area contributed by atoms with Crippen LogP contribution in [0.4, 0.5) is 10.1 Å². The molecule has 6 nitrogen and oxygen atoms in total. The van der Waals surface area contributed by atoms with E-state index < -0.39 is 0 Å². The number of esters is 1. The number of carbonyl (C=O) groups excluding carboxylic acids is 2. The third-order valence-electron chi connectivity index (χ3n) is 6.00. The van der Waals surface area contributed by atoms with Crippen molar-refractivity contribution in [1.29, 1.82) is 0 Å². The average Bonchev–Trinajstić information content (AvgIpc) is 3.29. The normalized spacial score (nSPS) is 10.9. The van der Waals surface area contributed by atoms with Crippen molar-refractivity contribution >= 4 is 40.5 Å². The van der Waals surface area contributed by atoms with E-state index in [2.05, 4.69) is 9.62 Å². The van der Waals surface area contributed by atoms with E-state index in [1.54, 1.807) is 31.1 Å². The molecule has 1 heterocycles. The van der Waals surface area contributed by atoms with Crippen LogP contribution in [-0.4, -0.2) is 38.3 Å². The molecule has 0 atom stereocenters. The lowest BCUT2D eigenvalue weighted by Gasteiger charge is -2.24. The van der Waals surface area contributed by atoms with Crippen molar-refractivity contribution in [3.8, 4) is 22.5 Å². The number of nitrogens with zero attached hydrogens (tertiary/aromatic N) is 1. The highest BCUT2D eigenvalue weighted by molar-refractivity contribution is 8.00. The van der Waals surface area contributed by atoms with Crippen LogP contribution in [0.15, 0.2) is 71.1 Å². The maximum absolute atomic E-state index is 13.6. The Balaban J connectivity index is 1.84. The molecule has 37 heavy (non-hydrogen) atoms. The van der Waals surface area contributed by atoms with Crippen LogP contribution in [0.3, 0.4) is 0 Å². The minimum atomic E-state index is -0.362. The van der Waals surface area contributed by atoms with Gasteiger partial charge in [0.15, 0.2) is 0 Å². The fourth-order valence-electron chi connectivity index (χ4n) is 4.23. The fraction of sp³-hybridized carbons (Fsp3) is 0.241. The minimum Gasteiger partial charge on any atom is -0.466 e. The molecule has 8 heteroatoms. The van der Waals surface area contributed by atoms with E-state index in [9.17, 15) is 14.0 Å². The molecule has 4 aromatic rings. The molecule has 192 valence electrons. The highest BCUT2D eigenvalue weighted by Crippen LogP contribution is 2.42. The fourth-order valence-corrected chi connectivity index (χ4v) is 4.89.